The Morgan fingerprint density at radius 1 is 1.05 bits per heavy atom. The molecule has 3 aromatic carbocycles. The van der Waals surface area contributed by atoms with E-state index in [2.05, 4.69) is 29.0 Å². The molecule has 3 atom stereocenters. The van der Waals surface area contributed by atoms with E-state index in [0.717, 1.165) is 27.8 Å². The standard InChI is InChI=1S/C31H36N2O4S/c1-20-21(15-10-16-28(20)36-5)29-27(32-38(35)31(2,3)4)17-18-33(29)30(34)37-19-26-24-13-8-6-11-22(24)23-12-7-9-14-25(23)26/h6-16,26-27,29,32H,17-19H2,1-5H3/t27-,29-,38?/m1/s1/i5D3. The number of amides is 1. The summed E-state index contributed by atoms with van der Waals surface area (Å²) in [4.78, 5) is 15.4. The molecule has 2 aliphatic rings. The van der Waals surface area contributed by atoms with Crippen LogP contribution in [0.1, 0.15) is 65.5 Å². The summed E-state index contributed by atoms with van der Waals surface area (Å²) in [6, 6.07) is 20.7. The van der Waals surface area contributed by atoms with Gasteiger partial charge in [-0.1, -0.05) is 60.7 Å². The van der Waals surface area contributed by atoms with Crippen molar-refractivity contribution in [3.63, 3.8) is 0 Å². The normalized spacial score (nSPS) is 21.2. The number of hydrogen-bond donors (Lipinski definition) is 1. The number of likely N-dealkylation sites (tertiary alicyclic amines) is 1. The summed E-state index contributed by atoms with van der Waals surface area (Å²) in [6.07, 6.45) is 0.0877. The molecule has 38 heavy (non-hydrogen) atoms. The van der Waals surface area contributed by atoms with Crippen LogP contribution in [0, 0.1) is 6.92 Å². The van der Waals surface area contributed by atoms with Gasteiger partial charge in [-0.25, -0.2) is 4.79 Å². The zero-order chi connectivity index (χ0) is 29.5. The van der Waals surface area contributed by atoms with Crippen LogP contribution in [0.4, 0.5) is 4.79 Å². The Bertz CT molecular complexity index is 1380. The Kier molecular flexibility index (Phi) is 6.42. The number of nitrogens with zero attached hydrogens (tertiary/aromatic N) is 1. The molecular weight excluding hydrogens is 496 g/mol. The molecule has 1 N–H and O–H groups in total. The molecule has 1 aliphatic carbocycles. The van der Waals surface area contributed by atoms with Crippen LogP contribution in [0.25, 0.3) is 11.1 Å². The van der Waals surface area contributed by atoms with Crippen molar-refractivity contribution in [3.8, 4) is 16.9 Å². The Labute approximate surface area is 232 Å². The lowest BCUT2D eigenvalue weighted by Crippen LogP contribution is -2.47. The van der Waals surface area contributed by atoms with Crippen LogP contribution >= 0.6 is 0 Å². The van der Waals surface area contributed by atoms with Crippen molar-refractivity contribution in [1.82, 2.24) is 9.62 Å². The third-order valence-electron chi connectivity index (χ3n) is 7.54. The fourth-order valence-corrected chi connectivity index (χ4v) is 6.43. The number of benzene rings is 3. The van der Waals surface area contributed by atoms with E-state index in [-0.39, 0.29) is 24.3 Å². The van der Waals surface area contributed by atoms with Crippen LogP contribution < -0.4 is 9.46 Å². The van der Waals surface area contributed by atoms with Crippen LogP contribution in [-0.2, 0) is 16.1 Å². The molecule has 0 saturated carbocycles. The number of rotatable bonds is 6. The highest BCUT2D eigenvalue weighted by Crippen LogP contribution is 2.45. The highest BCUT2D eigenvalue weighted by atomic mass is 32.2. The second-order valence-electron chi connectivity index (χ2n) is 10.9. The molecule has 0 bridgehead atoms. The molecule has 0 radical (unpaired) electrons. The van der Waals surface area contributed by atoms with Gasteiger partial charge in [0.1, 0.15) is 17.1 Å². The fourth-order valence-electron chi connectivity index (χ4n) is 5.56. The Hall–Kier alpha value is -3.00. The third kappa shape index (κ3) is 4.91. The first-order chi connectivity index (χ1) is 19.3. The topological polar surface area (TPSA) is 73.9 Å². The van der Waals surface area contributed by atoms with Gasteiger partial charge in [0, 0.05) is 23.8 Å². The van der Waals surface area contributed by atoms with Crippen molar-refractivity contribution < 1.29 is 22.9 Å². The smallest absolute Gasteiger partial charge is 0.410 e. The van der Waals surface area contributed by atoms with Crippen LogP contribution in [0.2, 0.25) is 0 Å². The van der Waals surface area contributed by atoms with Crippen LogP contribution in [0.3, 0.4) is 0 Å². The summed E-state index contributed by atoms with van der Waals surface area (Å²) in [7, 11) is -2.61. The molecule has 1 amide bonds. The first-order valence-corrected chi connectivity index (χ1v) is 14.1. The van der Waals surface area contributed by atoms with Crippen LogP contribution in [0.5, 0.6) is 5.75 Å². The number of ether oxygens (including phenoxy) is 2. The lowest BCUT2D eigenvalue weighted by molar-refractivity contribution is 0.0937. The molecule has 3 aromatic rings. The van der Waals surface area contributed by atoms with E-state index < -0.39 is 35.3 Å². The molecule has 1 heterocycles. The van der Waals surface area contributed by atoms with Crippen molar-refractivity contribution in [2.45, 2.75) is 56.9 Å². The van der Waals surface area contributed by atoms with Gasteiger partial charge >= 0.3 is 6.09 Å². The maximum absolute atomic E-state index is 13.7. The van der Waals surface area contributed by atoms with E-state index in [1.807, 2.05) is 51.1 Å². The Balaban J connectivity index is 1.42. The molecule has 1 unspecified atom stereocenters. The first kappa shape index (κ1) is 22.9. The van der Waals surface area contributed by atoms with Gasteiger partial charge in [-0.3, -0.25) is 4.90 Å². The van der Waals surface area contributed by atoms with Crippen LogP contribution in [-0.4, -0.2) is 46.5 Å². The zero-order valence-corrected chi connectivity index (χ0v) is 23.0. The van der Waals surface area contributed by atoms with Crippen molar-refractivity contribution in [2.75, 3.05) is 20.2 Å². The molecule has 1 saturated heterocycles. The first-order valence-electron chi connectivity index (χ1n) is 14.4. The van der Waals surface area contributed by atoms with E-state index in [0.29, 0.717) is 18.5 Å². The van der Waals surface area contributed by atoms with E-state index in [1.54, 1.807) is 24.0 Å². The summed E-state index contributed by atoms with van der Waals surface area (Å²) in [5.41, 5.74) is 5.90. The van der Waals surface area contributed by atoms with Gasteiger partial charge in [-0.05, 0) is 73.6 Å². The molecule has 1 fully saturated rings. The molecule has 0 aromatic heterocycles. The molecule has 200 valence electrons. The summed E-state index contributed by atoms with van der Waals surface area (Å²) in [5.74, 6) is 0.144. The predicted molar refractivity (Wildman–Crippen MR) is 152 cm³/mol. The minimum Gasteiger partial charge on any atom is -0.598 e. The van der Waals surface area contributed by atoms with Gasteiger partial charge in [0.2, 0.25) is 0 Å². The van der Waals surface area contributed by atoms with Gasteiger partial charge in [0.05, 0.1) is 23.2 Å². The molecule has 0 spiro atoms. The summed E-state index contributed by atoms with van der Waals surface area (Å²) < 4.78 is 49.8. The van der Waals surface area contributed by atoms with Gasteiger partial charge in [-0.15, -0.1) is 4.72 Å². The van der Waals surface area contributed by atoms with Gasteiger partial charge in [0.25, 0.3) is 0 Å². The molecule has 1 aliphatic heterocycles. The fraction of sp³-hybridized carbons (Fsp3) is 0.387. The number of hydrogen-bond acceptors (Lipinski definition) is 5. The van der Waals surface area contributed by atoms with E-state index >= 15 is 0 Å². The largest absolute Gasteiger partial charge is 0.598 e. The zero-order valence-electron chi connectivity index (χ0n) is 25.2. The minimum atomic E-state index is -2.61. The van der Waals surface area contributed by atoms with Crippen molar-refractivity contribution in [1.29, 1.82) is 0 Å². The SMILES string of the molecule is [2H]C([2H])([2H])Oc1cccc([C@@H]2[C@H](N[S+]([O-])C(C)(C)C)CCN2C(=O)OCC2c3ccccc3-c3ccccc32)c1C. The second kappa shape index (κ2) is 10.6. The number of carbonyl (C=O) groups excluding carboxylic acids is 1. The highest BCUT2D eigenvalue weighted by Gasteiger charge is 2.44. The number of carbonyl (C=O) groups is 1. The minimum absolute atomic E-state index is 0.0764. The van der Waals surface area contributed by atoms with Gasteiger partial charge < -0.3 is 14.0 Å². The average Bonchev–Trinajstić information content (AvgIpc) is 3.46. The molecule has 6 nitrogen and oxygen atoms in total. The average molecular weight is 536 g/mol. The number of nitrogens with one attached hydrogen (secondary N) is 1. The van der Waals surface area contributed by atoms with Crippen molar-refractivity contribution in [3.05, 3.63) is 89.0 Å². The number of methoxy groups -OCH3 is 1. The summed E-state index contributed by atoms with van der Waals surface area (Å²) in [6.45, 7) is 8.02. The van der Waals surface area contributed by atoms with E-state index in [4.69, 9.17) is 13.6 Å². The third-order valence-corrected chi connectivity index (χ3v) is 9.17. The molecule has 7 heteroatoms. The quantitative estimate of drug-likeness (QED) is 0.385. The maximum Gasteiger partial charge on any atom is 0.410 e. The highest BCUT2D eigenvalue weighted by molar-refractivity contribution is 7.90. The molecule has 5 rings (SSSR count). The van der Waals surface area contributed by atoms with Gasteiger partial charge in [-0.2, -0.15) is 0 Å². The predicted octanol–water partition coefficient (Wildman–Crippen LogP) is 6.12. The summed E-state index contributed by atoms with van der Waals surface area (Å²) in [5, 5.41) is 0. The Morgan fingerprint density at radius 2 is 1.68 bits per heavy atom. The monoisotopic (exact) mass is 535 g/mol. The van der Waals surface area contributed by atoms with E-state index in [9.17, 15) is 9.35 Å². The van der Waals surface area contributed by atoms with Gasteiger partial charge in [0.15, 0.2) is 0 Å². The molecular formula is C31H36N2O4S. The lowest BCUT2D eigenvalue weighted by atomic mass is 9.96. The lowest BCUT2D eigenvalue weighted by Gasteiger charge is -2.32. The maximum atomic E-state index is 13.7. The Morgan fingerprint density at radius 3 is 2.32 bits per heavy atom. The van der Waals surface area contributed by atoms with E-state index in [1.165, 1.54) is 0 Å². The van der Waals surface area contributed by atoms with Crippen LogP contribution in [0.15, 0.2) is 66.7 Å². The van der Waals surface area contributed by atoms with Crippen molar-refractivity contribution >= 4 is 17.5 Å². The summed E-state index contributed by atoms with van der Waals surface area (Å²) >= 11 is -1.38. The second-order valence-corrected chi connectivity index (χ2v) is 12.9. The van der Waals surface area contributed by atoms with Crippen molar-refractivity contribution in [2.24, 2.45) is 0 Å². The number of fused-ring (bicyclic) bond motifs is 3.